The zero-order valence-electron chi connectivity index (χ0n) is 26.6. The van der Waals surface area contributed by atoms with Crippen molar-refractivity contribution < 1.29 is 51.8 Å². The first-order valence-electron chi connectivity index (χ1n) is 15.9. The molecule has 1 N–H and O–H groups in total. The molecule has 3 aromatic rings. The van der Waals surface area contributed by atoms with Crippen molar-refractivity contribution in [3.8, 4) is 11.5 Å². The number of carbonyl (C=O) groups excluding carboxylic acids is 6. The van der Waals surface area contributed by atoms with E-state index >= 15 is 0 Å². The number of hydrogen-bond acceptors (Lipinski definition) is 8. The number of carbonyl (C=O) groups is 6. The molecule has 2 heterocycles. The molecule has 2 aliphatic carbocycles. The largest absolute Gasteiger partial charge is 0.573 e. The van der Waals surface area contributed by atoms with Gasteiger partial charge >= 0.3 is 6.36 Å². The van der Waals surface area contributed by atoms with Gasteiger partial charge in [-0.05, 0) is 99.3 Å². The normalized spacial score (nSPS) is 26.0. The summed E-state index contributed by atoms with van der Waals surface area (Å²) in [7, 11) is 0. The van der Waals surface area contributed by atoms with Crippen molar-refractivity contribution >= 4 is 46.6 Å². The van der Waals surface area contributed by atoms with E-state index in [1.165, 1.54) is 62.4 Å². The molecule has 0 spiro atoms. The molecule has 0 radical (unpaired) electrons. The van der Waals surface area contributed by atoms with Crippen LogP contribution in [-0.4, -0.2) is 46.7 Å². The quantitative estimate of drug-likeness (QED) is 0.197. The minimum absolute atomic E-state index is 0.0175. The maximum atomic E-state index is 14.3. The summed E-state index contributed by atoms with van der Waals surface area (Å²) in [6.45, 7) is 2.75. The van der Waals surface area contributed by atoms with E-state index in [1.807, 2.05) is 0 Å². The number of halogens is 3. The lowest BCUT2D eigenvalue weighted by Crippen LogP contribution is -2.43. The first kappa shape index (κ1) is 32.9. The van der Waals surface area contributed by atoms with Crippen molar-refractivity contribution in [1.29, 1.82) is 0 Å². The molecular weight excluding hydrogens is 657 g/mol. The highest BCUT2D eigenvalue weighted by molar-refractivity contribution is 6.24. The molecule has 50 heavy (non-hydrogen) atoms. The van der Waals surface area contributed by atoms with Crippen LogP contribution in [0.5, 0.6) is 11.5 Å². The topological polar surface area (TPSA) is 138 Å². The van der Waals surface area contributed by atoms with Gasteiger partial charge in [-0.2, -0.15) is 0 Å². The van der Waals surface area contributed by atoms with E-state index in [0.29, 0.717) is 16.7 Å². The molecule has 1 saturated carbocycles. The van der Waals surface area contributed by atoms with Crippen LogP contribution in [0.3, 0.4) is 0 Å². The van der Waals surface area contributed by atoms with Crippen LogP contribution in [0.25, 0.3) is 0 Å². The maximum Gasteiger partial charge on any atom is 0.573 e. The van der Waals surface area contributed by atoms with Crippen molar-refractivity contribution in [1.82, 2.24) is 0 Å². The van der Waals surface area contributed by atoms with Gasteiger partial charge in [-0.3, -0.25) is 38.6 Å². The maximum absolute atomic E-state index is 14.3. The Balaban J connectivity index is 1.33. The molecule has 4 amide bonds. The molecule has 6 unspecified atom stereocenters. The number of allylic oxidation sites excluding steroid dienone is 2. The summed E-state index contributed by atoms with van der Waals surface area (Å²) in [6.07, 6.45) is -3.32. The van der Waals surface area contributed by atoms with Crippen LogP contribution in [-0.2, 0) is 19.2 Å². The number of phenols is 1. The molecule has 6 atom stereocenters. The Kier molecular flexibility index (Phi) is 7.76. The highest BCUT2D eigenvalue weighted by Crippen LogP contribution is 2.59. The number of benzene rings is 3. The monoisotopic (exact) mass is 686 g/mol. The number of ketones is 2. The van der Waals surface area contributed by atoms with Crippen LogP contribution >= 0.6 is 0 Å². The number of fused-ring (bicyclic) bond motifs is 4. The van der Waals surface area contributed by atoms with Crippen molar-refractivity contribution in [2.45, 2.75) is 39.0 Å². The van der Waals surface area contributed by atoms with E-state index in [0.717, 1.165) is 28.0 Å². The Hall–Kier alpha value is -5.59. The fraction of sp³-hybridized carbons (Fsp3) is 0.297. The number of amides is 4. The Morgan fingerprint density at radius 3 is 1.76 bits per heavy atom. The number of ether oxygens (including phenoxy) is 1. The fourth-order valence-electron chi connectivity index (χ4n) is 8.11. The molecule has 13 heteroatoms. The number of alkyl halides is 3. The summed E-state index contributed by atoms with van der Waals surface area (Å²) in [6, 6.07) is 14.7. The van der Waals surface area contributed by atoms with E-state index in [9.17, 15) is 47.0 Å². The summed E-state index contributed by atoms with van der Waals surface area (Å²) in [5, 5.41) is 11.1. The van der Waals surface area contributed by atoms with Gasteiger partial charge in [-0.1, -0.05) is 11.6 Å². The average molecular weight is 687 g/mol. The molecule has 0 bridgehead atoms. The zero-order valence-corrected chi connectivity index (χ0v) is 26.6. The summed E-state index contributed by atoms with van der Waals surface area (Å²) in [4.78, 5) is 82.1. The lowest BCUT2D eigenvalue weighted by molar-refractivity contribution is -0.274. The number of hydrogen-bond donors (Lipinski definition) is 1. The minimum atomic E-state index is -5.06. The number of phenolic OH excluding ortho intramolecular Hbond substituents is 1. The Morgan fingerprint density at radius 2 is 1.24 bits per heavy atom. The van der Waals surface area contributed by atoms with Gasteiger partial charge in [-0.15, -0.1) is 13.2 Å². The third-order valence-corrected chi connectivity index (χ3v) is 10.3. The molecule has 3 fully saturated rings. The van der Waals surface area contributed by atoms with Gasteiger partial charge in [0.05, 0.1) is 35.0 Å². The smallest absolute Gasteiger partial charge is 0.508 e. The van der Waals surface area contributed by atoms with Crippen molar-refractivity contribution in [3.05, 3.63) is 95.1 Å². The molecule has 7 rings (SSSR count). The summed E-state index contributed by atoms with van der Waals surface area (Å²) < 4.78 is 44.0. The number of Topliss-reactive ketones (excluding diaryl/α,β-unsaturated/α-hetero) is 2. The molecule has 2 saturated heterocycles. The molecule has 2 aliphatic heterocycles. The predicted molar refractivity (Wildman–Crippen MR) is 170 cm³/mol. The number of imide groups is 2. The zero-order chi connectivity index (χ0) is 35.8. The number of aromatic hydroxyl groups is 1. The van der Waals surface area contributed by atoms with Crippen LogP contribution in [0, 0.1) is 29.6 Å². The third kappa shape index (κ3) is 5.28. The minimum Gasteiger partial charge on any atom is -0.508 e. The van der Waals surface area contributed by atoms with Gasteiger partial charge in [0, 0.05) is 22.6 Å². The van der Waals surface area contributed by atoms with Crippen LogP contribution in [0.2, 0.25) is 0 Å². The van der Waals surface area contributed by atoms with Gasteiger partial charge in [0.1, 0.15) is 11.5 Å². The van der Waals surface area contributed by atoms with Crippen LogP contribution in [0.15, 0.2) is 78.4 Å². The molecule has 3 aromatic carbocycles. The predicted octanol–water partition coefficient (Wildman–Crippen LogP) is 5.74. The number of rotatable bonds is 6. The van der Waals surface area contributed by atoms with Crippen LogP contribution in [0.1, 0.15) is 58.9 Å². The van der Waals surface area contributed by atoms with Gasteiger partial charge in [0.15, 0.2) is 11.6 Å². The molecular formula is C37H29F3N2O8. The Labute approximate surface area is 283 Å². The highest BCUT2D eigenvalue weighted by atomic mass is 19.4. The molecule has 4 aliphatic rings. The molecule has 256 valence electrons. The van der Waals surface area contributed by atoms with E-state index in [2.05, 4.69) is 4.74 Å². The Bertz CT molecular complexity index is 2020. The lowest BCUT2D eigenvalue weighted by atomic mass is 9.57. The van der Waals surface area contributed by atoms with Gasteiger partial charge in [0.2, 0.25) is 23.6 Å². The highest BCUT2D eigenvalue weighted by Gasteiger charge is 2.62. The third-order valence-electron chi connectivity index (χ3n) is 10.3. The second-order valence-electron chi connectivity index (χ2n) is 13.0. The van der Waals surface area contributed by atoms with Crippen molar-refractivity contribution in [2.24, 2.45) is 29.6 Å². The van der Waals surface area contributed by atoms with Crippen LogP contribution < -0.4 is 14.5 Å². The van der Waals surface area contributed by atoms with Gasteiger partial charge in [-0.25, -0.2) is 0 Å². The van der Waals surface area contributed by atoms with Crippen molar-refractivity contribution in [3.63, 3.8) is 0 Å². The van der Waals surface area contributed by atoms with Crippen molar-refractivity contribution in [2.75, 3.05) is 9.80 Å². The van der Waals surface area contributed by atoms with E-state index in [1.54, 1.807) is 6.08 Å². The molecule has 10 nitrogen and oxygen atoms in total. The summed E-state index contributed by atoms with van der Waals surface area (Å²) in [5.74, 6) is -9.81. The fourth-order valence-corrected chi connectivity index (χ4v) is 8.11. The second kappa shape index (κ2) is 11.8. The van der Waals surface area contributed by atoms with E-state index in [4.69, 9.17) is 0 Å². The number of anilines is 2. The van der Waals surface area contributed by atoms with Crippen LogP contribution in [0.4, 0.5) is 24.5 Å². The summed E-state index contributed by atoms with van der Waals surface area (Å²) in [5.41, 5.74) is 1.53. The SMILES string of the molecule is CC(=O)c1ccc(N2C(=O)C3CC=C4C(CC5C(=O)N(c6ccc(C(C)=O)cc6)C(=O)C5C4c4cc(OC(F)(F)F)ccc4O)C3C2=O)cc1. The first-order valence-corrected chi connectivity index (χ1v) is 15.9. The van der Waals surface area contributed by atoms with E-state index < -0.39 is 77.0 Å². The summed E-state index contributed by atoms with van der Waals surface area (Å²) >= 11 is 0. The second-order valence-corrected chi connectivity index (χ2v) is 13.0. The molecule has 0 aromatic heterocycles. The Morgan fingerprint density at radius 1 is 0.720 bits per heavy atom. The van der Waals surface area contributed by atoms with Gasteiger partial charge in [0.25, 0.3) is 0 Å². The average Bonchev–Trinajstić information content (AvgIpc) is 3.47. The van der Waals surface area contributed by atoms with Gasteiger partial charge < -0.3 is 9.84 Å². The standard InChI is InChI=1S/C37H29F3N2O8/c1-17(43)19-3-7-21(8-4-19)41-33(46)25-13-12-24-26(31(25)35(41)48)16-28-32(30(24)27-15-23(11-14-29(27)45)50-37(38,39)40)36(49)42(34(28)47)22-9-5-20(6-10-22)18(2)44/h3-12,14-15,25-26,28,30-32,45H,13,16H2,1-2H3. The number of nitrogens with zero attached hydrogens (tertiary/aromatic N) is 2. The first-order chi connectivity index (χ1) is 23.7. The van der Waals surface area contributed by atoms with E-state index in [-0.39, 0.29) is 41.3 Å². The lowest BCUT2D eigenvalue weighted by Gasteiger charge is -2.44.